The Kier molecular flexibility index (Phi) is 5.22. The van der Waals surface area contributed by atoms with Gasteiger partial charge >= 0.3 is 0 Å². The van der Waals surface area contributed by atoms with Gasteiger partial charge in [-0.2, -0.15) is 0 Å². The van der Waals surface area contributed by atoms with Crippen LogP contribution in [0.2, 0.25) is 0 Å². The summed E-state index contributed by atoms with van der Waals surface area (Å²) in [6.07, 6.45) is 1.24. The quantitative estimate of drug-likeness (QED) is 0.714. The molecule has 1 aromatic carbocycles. The summed E-state index contributed by atoms with van der Waals surface area (Å²) in [4.78, 5) is 22.0. The summed E-state index contributed by atoms with van der Waals surface area (Å²) in [6.45, 7) is -0.0286. The van der Waals surface area contributed by atoms with Gasteiger partial charge in [0.05, 0.1) is 6.04 Å². The first kappa shape index (κ1) is 12.4. The zero-order valence-corrected chi connectivity index (χ0v) is 9.18. The molecule has 0 aliphatic heterocycles. The third kappa shape index (κ3) is 4.23. The molecule has 86 valence electrons. The van der Waals surface area contributed by atoms with Gasteiger partial charge in [-0.25, -0.2) is 0 Å². The van der Waals surface area contributed by atoms with Gasteiger partial charge in [-0.1, -0.05) is 30.3 Å². The van der Waals surface area contributed by atoms with Crippen molar-refractivity contribution in [3.63, 3.8) is 0 Å². The average molecular weight is 221 g/mol. The van der Waals surface area contributed by atoms with E-state index in [9.17, 15) is 9.59 Å². The zero-order valence-electron chi connectivity index (χ0n) is 9.18. The summed E-state index contributed by atoms with van der Waals surface area (Å²) < 4.78 is 4.67. The van der Waals surface area contributed by atoms with Gasteiger partial charge in [-0.15, -0.1) is 0 Å². The fraction of sp³-hybridized carbons (Fsp3) is 0.333. The van der Waals surface area contributed by atoms with Crippen molar-refractivity contribution >= 4 is 12.2 Å². The van der Waals surface area contributed by atoms with Gasteiger partial charge in [0.15, 0.2) is 0 Å². The van der Waals surface area contributed by atoms with Crippen LogP contribution in [-0.2, 0) is 20.7 Å². The molecular formula is C12H15NO3. The molecule has 1 aromatic rings. The summed E-state index contributed by atoms with van der Waals surface area (Å²) in [7, 11) is 1.44. The Morgan fingerprint density at radius 1 is 1.44 bits per heavy atom. The maximum atomic E-state index is 11.2. The summed E-state index contributed by atoms with van der Waals surface area (Å²) >= 11 is 0. The molecular weight excluding hydrogens is 206 g/mol. The molecule has 0 aliphatic carbocycles. The second-order valence-electron chi connectivity index (χ2n) is 3.43. The SMILES string of the molecule is COCC(=O)N[C@H](C=O)Cc1ccccc1. The highest BCUT2D eigenvalue weighted by Gasteiger charge is 2.11. The number of hydrogen-bond donors (Lipinski definition) is 1. The van der Waals surface area contributed by atoms with E-state index in [1.807, 2.05) is 30.3 Å². The number of rotatable bonds is 6. The topological polar surface area (TPSA) is 55.4 Å². The molecule has 0 bridgehead atoms. The van der Waals surface area contributed by atoms with Crippen LogP contribution in [0.15, 0.2) is 30.3 Å². The first-order valence-corrected chi connectivity index (χ1v) is 5.03. The number of methoxy groups -OCH3 is 1. The number of nitrogens with one attached hydrogen (secondary N) is 1. The van der Waals surface area contributed by atoms with Crippen molar-refractivity contribution in [1.29, 1.82) is 0 Å². The molecule has 0 saturated carbocycles. The monoisotopic (exact) mass is 221 g/mol. The van der Waals surface area contributed by atoms with Gasteiger partial charge in [0, 0.05) is 7.11 Å². The third-order valence-corrected chi connectivity index (χ3v) is 2.08. The maximum Gasteiger partial charge on any atom is 0.246 e. The molecule has 16 heavy (non-hydrogen) atoms. The van der Waals surface area contributed by atoms with Crippen molar-refractivity contribution in [3.8, 4) is 0 Å². The highest BCUT2D eigenvalue weighted by molar-refractivity contribution is 5.80. The molecule has 1 amide bonds. The maximum absolute atomic E-state index is 11.2. The second-order valence-corrected chi connectivity index (χ2v) is 3.43. The van der Waals surface area contributed by atoms with Crippen molar-refractivity contribution in [2.75, 3.05) is 13.7 Å². The van der Waals surface area contributed by atoms with Gasteiger partial charge in [-0.3, -0.25) is 4.79 Å². The Hall–Kier alpha value is -1.68. The van der Waals surface area contributed by atoms with Crippen molar-refractivity contribution in [2.45, 2.75) is 12.5 Å². The van der Waals surface area contributed by atoms with Crippen LogP contribution in [0.3, 0.4) is 0 Å². The molecule has 1 rings (SSSR count). The van der Waals surface area contributed by atoms with Crippen LogP contribution in [0.4, 0.5) is 0 Å². The smallest absolute Gasteiger partial charge is 0.246 e. The lowest BCUT2D eigenvalue weighted by Crippen LogP contribution is -2.39. The normalized spacial score (nSPS) is 11.8. The highest BCUT2D eigenvalue weighted by Crippen LogP contribution is 2.01. The number of hydrogen-bond acceptors (Lipinski definition) is 3. The number of carbonyl (C=O) groups is 2. The largest absolute Gasteiger partial charge is 0.375 e. The standard InChI is InChI=1S/C12H15NO3/c1-16-9-12(15)13-11(8-14)7-10-5-3-2-4-6-10/h2-6,8,11H,7,9H2,1H3,(H,13,15)/t11-/m0/s1. The molecule has 0 radical (unpaired) electrons. The van der Waals surface area contributed by atoms with Gasteiger partial charge in [0.25, 0.3) is 0 Å². The first-order chi connectivity index (χ1) is 7.76. The van der Waals surface area contributed by atoms with Crippen LogP contribution in [-0.4, -0.2) is 32.0 Å². The van der Waals surface area contributed by atoms with Crippen LogP contribution in [0.25, 0.3) is 0 Å². The second kappa shape index (κ2) is 6.74. The first-order valence-electron chi connectivity index (χ1n) is 5.03. The molecule has 0 unspecified atom stereocenters. The van der Waals surface area contributed by atoms with Crippen molar-refractivity contribution in [1.82, 2.24) is 5.32 Å². The van der Waals surface area contributed by atoms with E-state index in [0.717, 1.165) is 11.8 Å². The molecule has 0 aromatic heterocycles. The number of amides is 1. The van der Waals surface area contributed by atoms with Crippen molar-refractivity contribution < 1.29 is 14.3 Å². The van der Waals surface area contributed by atoms with Crippen LogP contribution in [0, 0.1) is 0 Å². The molecule has 4 heteroatoms. The number of benzene rings is 1. The van der Waals surface area contributed by atoms with Gasteiger partial charge < -0.3 is 14.8 Å². The van der Waals surface area contributed by atoms with Crippen LogP contribution in [0.1, 0.15) is 5.56 Å². The van der Waals surface area contributed by atoms with E-state index in [2.05, 4.69) is 10.1 Å². The zero-order chi connectivity index (χ0) is 11.8. The lowest BCUT2D eigenvalue weighted by Gasteiger charge is -2.12. The summed E-state index contributed by atoms with van der Waals surface area (Å²) in [5, 5.41) is 2.58. The molecule has 1 atom stereocenters. The highest BCUT2D eigenvalue weighted by atomic mass is 16.5. The Balaban J connectivity index is 2.49. The van der Waals surface area contributed by atoms with E-state index in [0.29, 0.717) is 6.42 Å². The predicted molar refractivity (Wildman–Crippen MR) is 60.0 cm³/mol. The molecule has 0 fully saturated rings. The summed E-state index contributed by atoms with van der Waals surface area (Å²) in [6, 6.07) is 9.04. The number of aldehydes is 1. The summed E-state index contributed by atoms with van der Waals surface area (Å²) in [5.74, 6) is -0.282. The van der Waals surface area contributed by atoms with Gasteiger partial charge in [0.2, 0.25) is 5.91 Å². The predicted octanol–water partition coefficient (Wildman–Crippen LogP) is 0.559. The van der Waals surface area contributed by atoms with Crippen LogP contribution in [0.5, 0.6) is 0 Å². The minimum absolute atomic E-state index is 0.0286. The fourth-order valence-corrected chi connectivity index (χ4v) is 1.38. The van der Waals surface area contributed by atoms with E-state index in [1.165, 1.54) is 7.11 Å². The van der Waals surface area contributed by atoms with E-state index in [1.54, 1.807) is 0 Å². The van der Waals surface area contributed by atoms with E-state index in [4.69, 9.17) is 0 Å². The fourth-order valence-electron chi connectivity index (χ4n) is 1.38. The molecule has 0 aliphatic rings. The Labute approximate surface area is 94.6 Å². The van der Waals surface area contributed by atoms with Crippen molar-refractivity contribution in [3.05, 3.63) is 35.9 Å². The van der Waals surface area contributed by atoms with E-state index in [-0.39, 0.29) is 12.5 Å². The molecule has 4 nitrogen and oxygen atoms in total. The minimum Gasteiger partial charge on any atom is -0.375 e. The molecule has 0 spiro atoms. The average Bonchev–Trinajstić information content (AvgIpc) is 2.30. The number of carbonyl (C=O) groups excluding carboxylic acids is 2. The Morgan fingerprint density at radius 2 is 2.12 bits per heavy atom. The summed E-state index contributed by atoms with van der Waals surface area (Å²) in [5.41, 5.74) is 1.01. The van der Waals surface area contributed by atoms with E-state index >= 15 is 0 Å². The molecule has 1 N–H and O–H groups in total. The molecule has 0 saturated heterocycles. The van der Waals surface area contributed by atoms with Crippen LogP contribution < -0.4 is 5.32 Å². The lowest BCUT2D eigenvalue weighted by atomic mass is 10.1. The number of ether oxygens (including phenoxy) is 1. The van der Waals surface area contributed by atoms with Gasteiger partial charge in [0.1, 0.15) is 12.9 Å². The molecule has 0 heterocycles. The van der Waals surface area contributed by atoms with Crippen LogP contribution >= 0.6 is 0 Å². The van der Waals surface area contributed by atoms with E-state index < -0.39 is 6.04 Å². The van der Waals surface area contributed by atoms with Gasteiger partial charge in [-0.05, 0) is 12.0 Å². The minimum atomic E-state index is -0.495. The Bertz CT molecular complexity index is 337. The third-order valence-electron chi connectivity index (χ3n) is 2.08. The Morgan fingerprint density at radius 3 is 2.69 bits per heavy atom. The van der Waals surface area contributed by atoms with Crippen molar-refractivity contribution in [2.24, 2.45) is 0 Å². The lowest BCUT2D eigenvalue weighted by molar-refractivity contribution is -0.127.